The molecular formula is C27H26N6O. The molecule has 0 saturated carbocycles. The Hall–Kier alpha value is -4.26. The average Bonchev–Trinajstić information content (AvgIpc) is 3.32. The Morgan fingerprint density at radius 3 is 2.41 bits per heavy atom. The van der Waals surface area contributed by atoms with Crippen molar-refractivity contribution >= 4 is 23.2 Å². The molecule has 1 aliphatic heterocycles. The lowest BCUT2D eigenvalue weighted by Gasteiger charge is -2.32. The minimum atomic E-state index is -0.179. The number of rotatable bonds is 5. The molecule has 7 nitrogen and oxygen atoms in total. The number of benzene rings is 3. The van der Waals surface area contributed by atoms with E-state index in [1.807, 2.05) is 49.1 Å². The average molecular weight is 451 g/mol. The van der Waals surface area contributed by atoms with Crippen LogP contribution in [0.3, 0.4) is 0 Å². The fourth-order valence-electron chi connectivity index (χ4n) is 4.27. The Morgan fingerprint density at radius 1 is 0.941 bits per heavy atom. The minimum Gasteiger partial charge on any atom is -0.324 e. The Balaban J connectivity index is 1.53. The normalized spacial score (nSPS) is 15.0. The summed E-state index contributed by atoms with van der Waals surface area (Å²) in [6.07, 6.45) is 2.12. The molecule has 0 fully saturated rings. The number of carbonyl (C=O) groups excluding carboxylic acids is 1. The third-order valence-corrected chi connectivity index (χ3v) is 6.03. The van der Waals surface area contributed by atoms with Gasteiger partial charge in [-0.3, -0.25) is 9.69 Å². The number of tetrazole rings is 1. The summed E-state index contributed by atoms with van der Waals surface area (Å²) >= 11 is 0. The number of nitrogens with zero attached hydrogens (tertiary/aromatic N) is 5. The van der Waals surface area contributed by atoms with E-state index in [0.29, 0.717) is 5.95 Å². The number of carbonyl (C=O) groups is 1. The van der Waals surface area contributed by atoms with Gasteiger partial charge in [0.1, 0.15) is 12.6 Å². The van der Waals surface area contributed by atoms with Crippen molar-refractivity contribution in [3.05, 3.63) is 107 Å². The van der Waals surface area contributed by atoms with Gasteiger partial charge in [-0.1, -0.05) is 83.0 Å². The lowest BCUT2D eigenvalue weighted by molar-refractivity contribution is -0.114. The molecule has 5 rings (SSSR count). The first kappa shape index (κ1) is 21.6. The number of fused-ring (bicyclic) bond motifs is 1. The summed E-state index contributed by atoms with van der Waals surface area (Å²) in [6.45, 7) is 6.16. The van der Waals surface area contributed by atoms with Crippen LogP contribution in [0.25, 0.3) is 5.70 Å². The zero-order valence-electron chi connectivity index (χ0n) is 19.4. The topological polar surface area (TPSA) is 75.9 Å². The van der Waals surface area contributed by atoms with Crippen LogP contribution in [0, 0.1) is 20.8 Å². The minimum absolute atomic E-state index is 0.0783. The fourth-order valence-corrected chi connectivity index (χ4v) is 4.27. The number of amides is 1. The molecule has 0 spiro atoms. The number of aromatic nitrogens is 4. The van der Waals surface area contributed by atoms with E-state index in [9.17, 15) is 4.79 Å². The molecule has 0 unspecified atom stereocenters. The zero-order chi connectivity index (χ0) is 23.7. The number of aryl methyl sites for hydroxylation is 3. The van der Waals surface area contributed by atoms with Crippen molar-refractivity contribution in [3.8, 4) is 0 Å². The van der Waals surface area contributed by atoms with Crippen molar-refractivity contribution in [2.75, 3.05) is 16.8 Å². The first-order chi connectivity index (χ1) is 16.5. The fraction of sp³-hybridized carbons (Fsp3) is 0.185. The summed E-state index contributed by atoms with van der Waals surface area (Å²) < 4.78 is 1.76. The molecule has 0 radical (unpaired) electrons. The lowest BCUT2D eigenvalue weighted by Crippen LogP contribution is -2.37. The molecule has 3 aromatic carbocycles. The molecule has 1 atom stereocenters. The van der Waals surface area contributed by atoms with Gasteiger partial charge in [-0.2, -0.15) is 4.68 Å². The first-order valence-corrected chi connectivity index (χ1v) is 11.3. The van der Waals surface area contributed by atoms with E-state index in [-0.39, 0.29) is 18.5 Å². The highest BCUT2D eigenvalue weighted by Gasteiger charge is 2.32. The van der Waals surface area contributed by atoms with E-state index in [2.05, 4.69) is 76.3 Å². The SMILES string of the molecule is Cc1ccc(C2=C[C@@H](c3ccccc3)n3nnnc3N2CC(=O)Nc2ccc(C)cc2C)cc1. The van der Waals surface area contributed by atoms with Crippen molar-refractivity contribution in [3.63, 3.8) is 0 Å². The summed E-state index contributed by atoms with van der Waals surface area (Å²) in [4.78, 5) is 15.1. The highest BCUT2D eigenvalue weighted by molar-refractivity contribution is 5.97. The number of nitrogens with one attached hydrogen (secondary N) is 1. The van der Waals surface area contributed by atoms with Crippen LogP contribution < -0.4 is 10.2 Å². The van der Waals surface area contributed by atoms with Crippen molar-refractivity contribution < 1.29 is 4.79 Å². The second kappa shape index (κ2) is 8.94. The molecule has 34 heavy (non-hydrogen) atoms. The van der Waals surface area contributed by atoms with Gasteiger partial charge in [-0.25, -0.2) is 0 Å². The maximum atomic E-state index is 13.2. The lowest BCUT2D eigenvalue weighted by atomic mass is 10.00. The highest BCUT2D eigenvalue weighted by Crippen LogP contribution is 2.36. The Morgan fingerprint density at radius 2 is 1.68 bits per heavy atom. The standard InChI is InChI=1S/C27H26N6O/c1-18-9-12-22(13-10-18)24-16-25(21-7-5-4-6-8-21)33-27(29-30-31-33)32(24)17-26(34)28-23-14-11-19(2)15-20(23)3/h4-16,25H,17H2,1-3H3,(H,28,34)/t25-/m0/s1. The van der Waals surface area contributed by atoms with E-state index in [4.69, 9.17) is 0 Å². The van der Waals surface area contributed by atoms with Gasteiger partial charge in [-0.15, -0.1) is 0 Å². The van der Waals surface area contributed by atoms with Gasteiger partial charge in [0.05, 0.1) is 5.70 Å². The molecule has 170 valence electrons. The first-order valence-electron chi connectivity index (χ1n) is 11.3. The summed E-state index contributed by atoms with van der Waals surface area (Å²) in [6, 6.07) is 24.2. The Bertz CT molecular complexity index is 1360. The molecule has 0 aliphatic carbocycles. The van der Waals surface area contributed by atoms with Crippen LogP contribution in [0.15, 0.2) is 78.9 Å². The summed E-state index contributed by atoms with van der Waals surface area (Å²) in [7, 11) is 0. The van der Waals surface area contributed by atoms with E-state index >= 15 is 0 Å². The second-order valence-corrected chi connectivity index (χ2v) is 8.65. The van der Waals surface area contributed by atoms with Crippen molar-refractivity contribution in [2.45, 2.75) is 26.8 Å². The van der Waals surface area contributed by atoms with E-state index in [1.54, 1.807) is 4.68 Å². The number of allylic oxidation sites excluding steroid dienone is 1. The van der Waals surface area contributed by atoms with Gasteiger partial charge < -0.3 is 5.32 Å². The van der Waals surface area contributed by atoms with Crippen molar-refractivity contribution in [1.82, 2.24) is 20.2 Å². The maximum absolute atomic E-state index is 13.2. The van der Waals surface area contributed by atoms with Crippen LogP contribution in [0.5, 0.6) is 0 Å². The molecule has 1 amide bonds. The third-order valence-electron chi connectivity index (χ3n) is 6.03. The molecule has 1 aliphatic rings. The zero-order valence-corrected chi connectivity index (χ0v) is 19.4. The quantitative estimate of drug-likeness (QED) is 0.478. The predicted octanol–water partition coefficient (Wildman–Crippen LogP) is 4.69. The smallest absolute Gasteiger partial charge is 0.251 e. The maximum Gasteiger partial charge on any atom is 0.251 e. The van der Waals surface area contributed by atoms with Crippen molar-refractivity contribution in [1.29, 1.82) is 0 Å². The number of anilines is 2. The molecular weight excluding hydrogens is 424 g/mol. The van der Waals surface area contributed by atoms with Gasteiger partial charge in [0, 0.05) is 5.69 Å². The van der Waals surface area contributed by atoms with Crippen LogP contribution in [0.2, 0.25) is 0 Å². The molecule has 0 saturated heterocycles. The molecule has 0 bridgehead atoms. The number of hydrogen-bond donors (Lipinski definition) is 1. The Labute approximate surface area is 198 Å². The van der Waals surface area contributed by atoms with Crippen LogP contribution >= 0.6 is 0 Å². The van der Waals surface area contributed by atoms with Crippen LogP contribution in [-0.2, 0) is 4.79 Å². The highest BCUT2D eigenvalue weighted by atomic mass is 16.2. The Kier molecular flexibility index (Phi) is 5.67. The summed E-state index contributed by atoms with van der Waals surface area (Å²) in [5.74, 6) is 0.389. The van der Waals surface area contributed by atoms with E-state index < -0.39 is 0 Å². The molecule has 1 N–H and O–H groups in total. The van der Waals surface area contributed by atoms with Crippen LogP contribution in [-0.4, -0.2) is 32.7 Å². The molecule has 1 aromatic heterocycles. The van der Waals surface area contributed by atoms with E-state index in [1.165, 1.54) is 5.56 Å². The molecule has 7 heteroatoms. The summed E-state index contributed by atoms with van der Waals surface area (Å²) in [5, 5.41) is 15.6. The van der Waals surface area contributed by atoms with Gasteiger partial charge >= 0.3 is 0 Å². The van der Waals surface area contributed by atoms with Gasteiger partial charge in [-0.05, 0) is 60.0 Å². The third kappa shape index (κ3) is 4.20. The predicted molar refractivity (Wildman–Crippen MR) is 133 cm³/mol. The monoisotopic (exact) mass is 450 g/mol. The van der Waals surface area contributed by atoms with E-state index in [0.717, 1.165) is 33.6 Å². The van der Waals surface area contributed by atoms with Crippen LogP contribution in [0.4, 0.5) is 11.6 Å². The summed E-state index contributed by atoms with van der Waals surface area (Å²) in [5.41, 5.74) is 7.11. The van der Waals surface area contributed by atoms with Crippen molar-refractivity contribution in [2.24, 2.45) is 0 Å². The van der Waals surface area contributed by atoms with Gasteiger partial charge in [0.25, 0.3) is 5.95 Å². The largest absolute Gasteiger partial charge is 0.324 e. The molecule has 4 aromatic rings. The molecule has 2 heterocycles. The van der Waals surface area contributed by atoms with Crippen LogP contribution in [0.1, 0.15) is 33.9 Å². The number of hydrogen-bond acceptors (Lipinski definition) is 5. The second-order valence-electron chi connectivity index (χ2n) is 8.65. The van der Waals surface area contributed by atoms with Gasteiger partial charge in [0.15, 0.2) is 0 Å². The van der Waals surface area contributed by atoms with Gasteiger partial charge in [0.2, 0.25) is 5.91 Å².